The summed E-state index contributed by atoms with van der Waals surface area (Å²) in [4.78, 5) is 3.75. The third kappa shape index (κ3) is 4.46. The number of halogens is 3. The van der Waals surface area contributed by atoms with Crippen LogP contribution < -0.4 is 5.32 Å². The molecule has 2 rings (SSSR count). The number of alkyl halides is 3. The number of hydrogen-bond donors (Lipinski definition) is 1. The summed E-state index contributed by atoms with van der Waals surface area (Å²) in [5.41, 5.74) is 2.31. The fourth-order valence-electron chi connectivity index (χ4n) is 2.61. The van der Waals surface area contributed by atoms with Gasteiger partial charge in [0.1, 0.15) is 0 Å². The van der Waals surface area contributed by atoms with E-state index in [4.69, 9.17) is 0 Å². The maximum absolute atomic E-state index is 12.1. The van der Waals surface area contributed by atoms with Gasteiger partial charge in [-0.2, -0.15) is 13.2 Å². The molecule has 2 nitrogen and oxygen atoms in total. The highest BCUT2D eigenvalue weighted by atomic mass is 32.1. The van der Waals surface area contributed by atoms with E-state index in [0.29, 0.717) is 12.5 Å². The van der Waals surface area contributed by atoms with E-state index in [2.05, 4.69) is 24.1 Å². The first-order valence-electron chi connectivity index (χ1n) is 6.93. The largest absolute Gasteiger partial charge is 0.401 e. The zero-order valence-electron chi connectivity index (χ0n) is 11.9. The lowest BCUT2D eigenvalue weighted by atomic mass is 10.0. The molecule has 1 aromatic rings. The molecule has 0 unspecified atom stereocenters. The van der Waals surface area contributed by atoms with Crippen molar-refractivity contribution in [1.29, 1.82) is 0 Å². The normalized spacial score (nSPS) is 16.7. The van der Waals surface area contributed by atoms with Crippen LogP contribution in [0.5, 0.6) is 0 Å². The van der Waals surface area contributed by atoms with Gasteiger partial charge in [-0.3, -0.25) is 4.90 Å². The summed E-state index contributed by atoms with van der Waals surface area (Å²) in [6, 6.07) is 0. The molecule has 6 heteroatoms. The second-order valence-electron chi connectivity index (χ2n) is 5.76. The van der Waals surface area contributed by atoms with Gasteiger partial charge in [-0.05, 0) is 28.8 Å². The summed E-state index contributed by atoms with van der Waals surface area (Å²) in [6.07, 6.45) is -3.18. The summed E-state index contributed by atoms with van der Waals surface area (Å²) in [6.45, 7) is 6.84. The first-order chi connectivity index (χ1) is 9.35. The third-order valence-corrected chi connectivity index (χ3v) is 4.44. The van der Waals surface area contributed by atoms with Crippen molar-refractivity contribution in [3.05, 3.63) is 21.4 Å². The number of nitrogens with one attached hydrogen (secondary N) is 1. The van der Waals surface area contributed by atoms with Gasteiger partial charge >= 0.3 is 6.18 Å². The van der Waals surface area contributed by atoms with E-state index in [-0.39, 0.29) is 0 Å². The Bertz CT molecular complexity index is 440. The predicted octanol–water partition coefficient (Wildman–Crippen LogP) is 3.41. The lowest BCUT2D eigenvalue weighted by Crippen LogP contribution is -2.33. The fourth-order valence-corrected chi connectivity index (χ4v) is 3.75. The number of rotatable bonds is 5. The van der Waals surface area contributed by atoms with Gasteiger partial charge in [-0.25, -0.2) is 0 Å². The molecule has 0 aromatic carbocycles. The van der Waals surface area contributed by atoms with Crippen molar-refractivity contribution in [3.63, 3.8) is 0 Å². The highest BCUT2D eigenvalue weighted by molar-refractivity contribution is 7.10. The van der Waals surface area contributed by atoms with Crippen molar-refractivity contribution in [2.75, 3.05) is 19.6 Å². The minimum atomic E-state index is -4.13. The molecule has 0 saturated carbocycles. The van der Waals surface area contributed by atoms with Gasteiger partial charge in [0, 0.05) is 31.1 Å². The molecule has 1 aromatic heterocycles. The average molecular weight is 306 g/mol. The Morgan fingerprint density at radius 3 is 2.80 bits per heavy atom. The van der Waals surface area contributed by atoms with Crippen LogP contribution in [-0.4, -0.2) is 30.7 Å². The molecule has 0 amide bonds. The standard InChI is InChI=1S/C14H21F3N2S/c1-10(2)6-19-4-3-12-11(8-20-13(12)7-19)5-18-9-14(15,16)17/h8,10,18H,3-7,9H2,1-2H3. The lowest BCUT2D eigenvalue weighted by Gasteiger charge is -2.28. The Morgan fingerprint density at radius 2 is 2.15 bits per heavy atom. The molecule has 0 aliphatic carbocycles. The molecule has 1 aliphatic heterocycles. The fraction of sp³-hybridized carbons (Fsp3) is 0.714. The predicted molar refractivity (Wildman–Crippen MR) is 75.9 cm³/mol. The molecule has 20 heavy (non-hydrogen) atoms. The van der Waals surface area contributed by atoms with E-state index in [1.54, 1.807) is 11.3 Å². The summed E-state index contributed by atoms with van der Waals surface area (Å²) >= 11 is 1.68. The quantitative estimate of drug-likeness (QED) is 0.897. The topological polar surface area (TPSA) is 15.3 Å². The third-order valence-electron chi connectivity index (χ3n) is 3.38. The molecule has 1 aliphatic rings. The Morgan fingerprint density at radius 1 is 1.40 bits per heavy atom. The van der Waals surface area contributed by atoms with Gasteiger partial charge in [0.25, 0.3) is 0 Å². The zero-order chi connectivity index (χ0) is 14.8. The van der Waals surface area contributed by atoms with Crippen LogP contribution in [0, 0.1) is 5.92 Å². The van der Waals surface area contributed by atoms with E-state index in [1.807, 2.05) is 5.38 Å². The van der Waals surface area contributed by atoms with E-state index < -0.39 is 12.7 Å². The van der Waals surface area contributed by atoms with E-state index >= 15 is 0 Å². The molecule has 1 N–H and O–H groups in total. The first kappa shape index (κ1) is 15.8. The summed E-state index contributed by atoms with van der Waals surface area (Å²) in [7, 11) is 0. The maximum Gasteiger partial charge on any atom is 0.401 e. The Labute approximate surface area is 122 Å². The van der Waals surface area contributed by atoms with Gasteiger partial charge in [-0.15, -0.1) is 11.3 Å². The monoisotopic (exact) mass is 306 g/mol. The van der Waals surface area contributed by atoms with E-state index in [0.717, 1.165) is 31.6 Å². The SMILES string of the molecule is CC(C)CN1CCc2c(CNCC(F)(F)F)csc2C1. The Hall–Kier alpha value is -0.590. The molecule has 0 radical (unpaired) electrons. The number of fused-ring (bicyclic) bond motifs is 1. The molecule has 0 bridgehead atoms. The maximum atomic E-state index is 12.1. The Balaban J connectivity index is 1.91. The van der Waals surface area contributed by atoms with Gasteiger partial charge < -0.3 is 5.32 Å². The van der Waals surface area contributed by atoms with Crippen molar-refractivity contribution in [2.45, 2.75) is 39.5 Å². The van der Waals surface area contributed by atoms with Gasteiger partial charge in [0.2, 0.25) is 0 Å². The van der Waals surface area contributed by atoms with E-state index in [1.165, 1.54) is 10.4 Å². The van der Waals surface area contributed by atoms with Crippen molar-refractivity contribution in [2.24, 2.45) is 5.92 Å². The average Bonchev–Trinajstić information content (AvgIpc) is 2.69. The summed E-state index contributed by atoms with van der Waals surface area (Å²) in [5.74, 6) is 0.643. The van der Waals surface area contributed by atoms with Crippen LogP contribution >= 0.6 is 11.3 Å². The van der Waals surface area contributed by atoms with Crippen molar-refractivity contribution < 1.29 is 13.2 Å². The highest BCUT2D eigenvalue weighted by Gasteiger charge is 2.27. The first-order valence-corrected chi connectivity index (χ1v) is 7.81. The Kier molecular flexibility index (Phi) is 5.09. The van der Waals surface area contributed by atoms with Gasteiger partial charge in [0.05, 0.1) is 6.54 Å². The van der Waals surface area contributed by atoms with Crippen molar-refractivity contribution in [3.8, 4) is 0 Å². The van der Waals surface area contributed by atoms with Crippen LogP contribution in [0.3, 0.4) is 0 Å². The second-order valence-corrected chi connectivity index (χ2v) is 6.72. The van der Waals surface area contributed by atoms with E-state index in [9.17, 15) is 13.2 Å². The van der Waals surface area contributed by atoms with Crippen LogP contribution in [0.4, 0.5) is 13.2 Å². The number of nitrogens with zero attached hydrogens (tertiary/aromatic N) is 1. The number of hydrogen-bond acceptors (Lipinski definition) is 3. The van der Waals surface area contributed by atoms with Crippen LogP contribution in [-0.2, 0) is 19.5 Å². The summed E-state index contributed by atoms with van der Waals surface area (Å²) in [5, 5.41) is 4.50. The van der Waals surface area contributed by atoms with Crippen LogP contribution in [0.1, 0.15) is 29.9 Å². The van der Waals surface area contributed by atoms with Crippen LogP contribution in [0.15, 0.2) is 5.38 Å². The molecule has 0 spiro atoms. The van der Waals surface area contributed by atoms with Crippen LogP contribution in [0.2, 0.25) is 0 Å². The molecular weight excluding hydrogens is 285 g/mol. The minimum absolute atomic E-state index is 0.315. The molecule has 0 fully saturated rings. The van der Waals surface area contributed by atoms with Crippen LogP contribution in [0.25, 0.3) is 0 Å². The second kappa shape index (κ2) is 6.45. The highest BCUT2D eigenvalue weighted by Crippen LogP contribution is 2.29. The van der Waals surface area contributed by atoms with Crippen molar-refractivity contribution in [1.82, 2.24) is 10.2 Å². The van der Waals surface area contributed by atoms with Gasteiger partial charge in [0.15, 0.2) is 0 Å². The number of thiophene rings is 1. The minimum Gasteiger partial charge on any atom is -0.305 e. The lowest BCUT2D eigenvalue weighted by molar-refractivity contribution is -0.125. The zero-order valence-corrected chi connectivity index (χ0v) is 12.7. The summed E-state index contributed by atoms with van der Waals surface area (Å²) < 4.78 is 36.4. The molecule has 114 valence electrons. The molecule has 0 atom stereocenters. The molecular formula is C14H21F3N2S. The smallest absolute Gasteiger partial charge is 0.305 e. The molecule has 0 saturated heterocycles. The van der Waals surface area contributed by atoms with Crippen molar-refractivity contribution >= 4 is 11.3 Å². The van der Waals surface area contributed by atoms with Gasteiger partial charge in [-0.1, -0.05) is 13.8 Å². The molecule has 2 heterocycles.